The Morgan fingerprint density at radius 2 is 2.38 bits per heavy atom. The fourth-order valence-corrected chi connectivity index (χ4v) is 3.23. The van der Waals surface area contributed by atoms with Crippen LogP contribution >= 0.6 is 0 Å². The van der Waals surface area contributed by atoms with Crippen molar-refractivity contribution in [3.05, 3.63) is 41.2 Å². The molecule has 1 aliphatic heterocycles. The minimum absolute atomic E-state index is 0.0995. The number of carbonyl (C=O) groups excluding carboxylic acids is 1. The summed E-state index contributed by atoms with van der Waals surface area (Å²) in [5.74, 6) is 0.982. The van der Waals surface area contributed by atoms with E-state index in [0.29, 0.717) is 11.3 Å². The van der Waals surface area contributed by atoms with Gasteiger partial charge < -0.3 is 14.4 Å². The molecule has 24 heavy (non-hydrogen) atoms. The SMILES string of the molecule is CCc1noc2ncc(C(=O)N[C@@H]3CCc4nc(C)cn4C3)cc12. The smallest absolute Gasteiger partial charge is 0.257 e. The number of hydrogen-bond acceptors (Lipinski definition) is 5. The van der Waals surface area contributed by atoms with E-state index in [-0.39, 0.29) is 11.9 Å². The molecule has 124 valence electrons. The quantitative estimate of drug-likeness (QED) is 0.796. The molecule has 0 aromatic carbocycles. The zero-order valence-corrected chi connectivity index (χ0v) is 13.7. The molecule has 7 nitrogen and oxygen atoms in total. The molecule has 0 radical (unpaired) electrons. The number of pyridine rings is 1. The van der Waals surface area contributed by atoms with Crippen molar-refractivity contribution in [1.29, 1.82) is 0 Å². The molecule has 1 atom stereocenters. The highest BCUT2D eigenvalue weighted by Gasteiger charge is 2.22. The van der Waals surface area contributed by atoms with Crippen molar-refractivity contribution < 1.29 is 9.32 Å². The first-order chi connectivity index (χ1) is 11.6. The lowest BCUT2D eigenvalue weighted by Gasteiger charge is -2.24. The lowest BCUT2D eigenvalue weighted by atomic mass is 10.1. The van der Waals surface area contributed by atoms with E-state index >= 15 is 0 Å². The van der Waals surface area contributed by atoms with E-state index in [4.69, 9.17) is 4.52 Å². The molecule has 0 saturated heterocycles. The summed E-state index contributed by atoms with van der Waals surface area (Å²) in [6, 6.07) is 1.91. The average Bonchev–Trinajstić information content (AvgIpc) is 3.15. The minimum Gasteiger partial charge on any atom is -0.347 e. The van der Waals surface area contributed by atoms with Gasteiger partial charge in [-0.2, -0.15) is 0 Å². The first-order valence-corrected chi connectivity index (χ1v) is 8.22. The second-order valence-electron chi connectivity index (χ2n) is 6.22. The van der Waals surface area contributed by atoms with Crippen LogP contribution in [0.2, 0.25) is 0 Å². The fraction of sp³-hybridized carbons (Fsp3) is 0.412. The Bertz CT molecular complexity index is 911. The number of aryl methyl sites for hydroxylation is 3. The third-order valence-electron chi connectivity index (χ3n) is 4.45. The van der Waals surface area contributed by atoms with Crippen molar-refractivity contribution in [3.8, 4) is 0 Å². The van der Waals surface area contributed by atoms with Crippen LogP contribution in [0.3, 0.4) is 0 Å². The maximum atomic E-state index is 12.6. The Hall–Kier alpha value is -2.70. The predicted molar refractivity (Wildman–Crippen MR) is 87.7 cm³/mol. The molecule has 1 amide bonds. The lowest BCUT2D eigenvalue weighted by molar-refractivity contribution is 0.0927. The van der Waals surface area contributed by atoms with Gasteiger partial charge in [-0.3, -0.25) is 4.79 Å². The van der Waals surface area contributed by atoms with Crippen molar-refractivity contribution in [2.45, 2.75) is 45.7 Å². The van der Waals surface area contributed by atoms with Crippen LogP contribution in [0.25, 0.3) is 11.1 Å². The largest absolute Gasteiger partial charge is 0.347 e. The van der Waals surface area contributed by atoms with Gasteiger partial charge >= 0.3 is 0 Å². The van der Waals surface area contributed by atoms with Gasteiger partial charge in [0, 0.05) is 31.4 Å². The number of rotatable bonds is 3. The topological polar surface area (TPSA) is 85.8 Å². The van der Waals surface area contributed by atoms with Crippen molar-refractivity contribution in [1.82, 2.24) is 25.0 Å². The van der Waals surface area contributed by atoms with E-state index in [1.807, 2.05) is 26.1 Å². The van der Waals surface area contributed by atoms with Gasteiger partial charge in [0.05, 0.1) is 22.3 Å². The van der Waals surface area contributed by atoms with E-state index < -0.39 is 0 Å². The molecule has 0 saturated carbocycles. The number of imidazole rings is 1. The van der Waals surface area contributed by atoms with Crippen LogP contribution in [0.15, 0.2) is 23.0 Å². The summed E-state index contributed by atoms with van der Waals surface area (Å²) in [7, 11) is 0. The van der Waals surface area contributed by atoms with Gasteiger partial charge in [-0.1, -0.05) is 12.1 Å². The van der Waals surface area contributed by atoms with Gasteiger partial charge in [-0.25, -0.2) is 9.97 Å². The molecule has 7 heteroatoms. The Labute approximate surface area is 139 Å². The maximum absolute atomic E-state index is 12.6. The summed E-state index contributed by atoms with van der Waals surface area (Å²) in [5.41, 5.74) is 2.85. The average molecular weight is 325 g/mol. The fourth-order valence-electron chi connectivity index (χ4n) is 3.23. The number of nitrogens with zero attached hydrogens (tertiary/aromatic N) is 4. The number of hydrogen-bond donors (Lipinski definition) is 1. The van der Waals surface area contributed by atoms with Crippen LogP contribution in [0.4, 0.5) is 0 Å². The van der Waals surface area contributed by atoms with Gasteiger partial charge in [0.15, 0.2) is 0 Å². The van der Waals surface area contributed by atoms with Gasteiger partial charge in [0.1, 0.15) is 5.82 Å². The molecule has 1 aliphatic rings. The highest BCUT2D eigenvalue weighted by Crippen LogP contribution is 2.19. The molecule has 0 bridgehead atoms. The third kappa shape index (κ3) is 2.55. The third-order valence-corrected chi connectivity index (χ3v) is 4.45. The Balaban J connectivity index is 1.52. The van der Waals surface area contributed by atoms with Gasteiger partial charge in [0.25, 0.3) is 11.6 Å². The number of nitrogens with one attached hydrogen (secondary N) is 1. The van der Waals surface area contributed by atoms with Gasteiger partial charge in [-0.05, 0) is 25.8 Å². The molecule has 3 aromatic rings. The zero-order valence-electron chi connectivity index (χ0n) is 13.7. The molecule has 0 spiro atoms. The van der Waals surface area contributed by atoms with E-state index in [1.165, 1.54) is 6.20 Å². The lowest BCUT2D eigenvalue weighted by Crippen LogP contribution is -2.40. The van der Waals surface area contributed by atoms with Crippen LogP contribution < -0.4 is 5.32 Å². The van der Waals surface area contributed by atoms with Gasteiger partial charge in [0.2, 0.25) is 0 Å². The molecular weight excluding hydrogens is 306 g/mol. The second-order valence-corrected chi connectivity index (χ2v) is 6.22. The highest BCUT2D eigenvalue weighted by atomic mass is 16.5. The van der Waals surface area contributed by atoms with Crippen LogP contribution in [-0.2, 0) is 19.4 Å². The van der Waals surface area contributed by atoms with Crippen molar-refractivity contribution in [3.63, 3.8) is 0 Å². The number of fused-ring (bicyclic) bond motifs is 2. The Morgan fingerprint density at radius 1 is 1.50 bits per heavy atom. The Kier molecular flexibility index (Phi) is 3.55. The van der Waals surface area contributed by atoms with E-state index in [9.17, 15) is 4.79 Å². The van der Waals surface area contributed by atoms with Crippen molar-refractivity contribution in [2.24, 2.45) is 0 Å². The normalized spacial score (nSPS) is 17.0. The second kappa shape index (κ2) is 5.74. The molecule has 0 unspecified atom stereocenters. The van der Waals surface area contributed by atoms with E-state index in [0.717, 1.165) is 48.4 Å². The Morgan fingerprint density at radius 3 is 3.21 bits per heavy atom. The summed E-state index contributed by atoms with van der Waals surface area (Å²) >= 11 is 0. The summed E-state index contributed by atoms with van der Waals surface area (Å²) in [4.78, 5) is 21.3. The molecule has 3 aromatic heterocycles. The number of aromatic nitrogens is 4. The minimum atomic E-state index is -0.113. The summed E-state index contributed by atoms with van der Waals surface area (Å²) in [6.07, 6.45) is 6.09. The summed E-state index contributed by atoms with van der Waals surface area (Å²) in [6.45, 7) is 4.74. The first kappa shape index (κ1) is 14.9. The monoisotopic (exact) mass is 325 g/mol. The van der Waals surface area contributed by atoms with Crippen LogP contribution in [-0.4, -0.2) is 31.6 Å². The van der Waals surface area contributed by atoms with Crippen LogP contribution in [0.1, 0.15) is 40.9 Å². The van der Waals surface area contributed by atoms with Crippen molar-refractivity contribution in [2.75, 3.05) is 0 Å². The molecule has 4 heterocycles. The maximum Gasteiger partial charge on any atom is 0.257 e. The molecule has 1 N–H and O–H groups in total. The molecule has 0 fully saturated rings. The van der Waals surface area contributed by atoms with Crippen LogP contribution in [0.5, 0.6) is 0 Å². The summed E-state index contributed by atoms with van der Waals surface area (Å²) < 4.78 is 7.29. The molecule has 0 aliphatic carbocycles. The van der Waals surface area contributed by atoms with E-state index in [1.54, 1.807) is 0 Å². The number of amides is 1. The highest BCUT2D eigenvalue weighted by molar-refractivity contribution is 5.97. The van der Waals surface area contributed by atoms with Gasteiger partial charge in [-0.15, -0.1) is 0 Å². The molecule has 4 rings (SSSR count). The standard InChI is InChI=1S/C17H19N5O2/c1-3-14-13-6-11(7-18-17(13)24-21-14)16(23)20-12-4-5-15-19-10(2)8-22(15)9-12/h6-8,12H,3-5,9H2,1-2H3,(H,20,23)/t12-/m1/s1. The summed E-state index contributed by atoms with van der Waals surface area (Å²) in [5, 5.41) is 7.89. The zero-order chi connectivity index (χ0) is 16.7. The predicted octanol–water partition coefficient (Wildman–Crippen LogP) is 2.03. The first-order valence-electron chi connectivity index (χ1n) is 8.22. The van der Waals surface area contributed by atoms with E-state index in [2.05, 4.69) is 25.0 Å². The molecular formula is C17H19N5O2. The number of carbonyl (C=O) groups is 1. The van der Waals surface area contributed by atoms with Crippen molar-refractivity contribution >= 4 is 17.0 Å². The van der Waals surface area contributed by atoms with Crippen LogP contribution in [0, 0.1) is 6.92 Å².